The molecule has 0 saturated carbocycles. The maximum absolute atomic E-state index is 12.4. The number of nitrogens with one attached hydrogen (secondary N) is 1. The fourth-order valence-corrected chi connectivity index (χ4v) is 4.25. The van der Waals surface area contributed by atoms with Crippen molar-refractivity contribution < 1.29 is 14.3 Å². The number of hydrogen-bond donors (Lipinski definition) is 1. The van der Waals surface area contributed by atoms with E-state index in [1.807, 2.05) is 0 Å². The highest BCUT2D eigenvalue weighted by atomic mass is 35.5. The number of rotatable bonds is 4. The van der Waals surface area contributed by atoms with Crippen LogP contribution in [0.25, 0.3) is 0 Å². The maximum atomic E-state index is 12.4. The van der Waals surface area contributed by atoms with Crippen molar-refractivity contribution >= 4 is 30.8 Å². The Morgan fingerprint density at radius 2 is 1.85 bits per heavy atom. The Bertz CT molecular complexity index is 594. The van der Waals surface area contributed by atoms with E-state index in [4.69, 9.17) is 9.47 Å². The molecular weight excluding hydrogens is 391 g/mol. The van der Waals surface area contributed by atoms with Crippen molar-refractivity contribution in [3.63, 3.8) is 0 Å². The van der Waals surface area contributed by atoms with Crippen LogP contribution in [0.2, 0.25) is 0 Å². The average Bonchev–Trinajstić information content (AvgIpc) is 2.93. The van der Waals surface area contributed by atoms with Gasteiger partial charge in [0.2, 0.25) is 0 Å². The van der Waals surface area contributed by atoms with Gasteiger partial charge in [0.1, 0.15) is 12.2 Å². The van der Waals surface area contributed by atoms with E-state index in [0.717, 1.165) is 64.8 Å². The first-order valence-electron chi connectivity index (χ1n) is 9.31. The molecule has 4 heterocycles. The van der Waals surface area contributed by atoms with Crippen LogP contribution >= 0.6 is 24.8 Å². The smallest absolute Gasteiger partial charge is 0.316 e. The van der Waals surface area contributed by atoms with Gasteiger partial charge >= 0.3 is 12.0 Å². The molecule has 7 nitrogen and oxygen atoms in total. The zero-order valence-electron chi connectivity index (χ0n) is 15.3. The van der Waals surface area contributed by atoms with Crippen LogP contribution in [0.5, 0.6) is 6.01 Å². The molecule has 0 bridgehead atoms. The van der Waals surface area contributed by atoms with Gasteiger partial charge in [-0.05, 0) is 44.8 Å². The van der Waals surface area contributed by atoms with Gasteiger partial charge in [0.05, 0.1) is 5.41 Å². The van der Waals surface area contributed by atoms with Crippen LogP contribution in [0.3, 0.4) is 0 Å². The molecule has 1 atom stereocenters. The van der Waals surface area contributed by atoms with Gasteiger partial charge in [0, 0.05) is 38.4 Å². The molecule has 9 heteroatoms. The third kappa shape index (κ3) is 5.22. The minimum absolute atomic E-state index is 0. The van der Waals surface area contributed by atoms with Crippen molar-refractivity contribution in [3.05, 3.63) is 18.5 Å². The summed E-state index contributed by atoms with van der Waals surface area (Å²) in [6.07, 6.45) is 8.21. The molecule has 3 aliphatic heterocycles. The van der Waals surface area contributed by atoms with Crippen LogP contribution in [-0.2, 0) is 9.53 Å². The number of cyclic esters (lactones) is 1. The van der Waals surface area contributed by atoms with Gasteiger partial charge < -0.3 is 14.8 Å². The number of esters is 1. The molecule has 1 N–H and O–H groups in total. The number of halogens is 2. The second kappa shape index (κ2) is 9.87. The summed E-state index contributed by atoms with van der Waals surface area (Å²) in [5.41, 5.74) is -0.220. The number of carbonyl (C=O) groups is 1. The van der Waals surface area contributed by atoms with Crippen LogP contribution in [0.15, 0.2) is 18.5 Å². The van der Waals surface area contributed by atoms with Crippen LogP contribution in [-0.4, -0.2) is 65.8 Å². The lowest BCUT2D eigenvalue weighted by Gasteiger charge is -2.33. The summed E-state index contributed by atoms with van der Waals surface area (Å²) >= 11 is 0. The molecule has 4 rings (SSSR count). The van der Waals surface area contributed by atoms with E-state index in [1.54, 1.807) is 18.5 Å². The standard InChI is InChI=1S/C18H26N4O3.2ClH/c23-16-18(4-8-19-9-5-18)12-15(24-16)13-22-10-2-14(3-11-22)25-17-20-6-1-7-21-17;;/h1,6-7,14-15,19H,2-5,8-13H2;2*1H. The zero-order valence-corrected chi connectivity index (χ0v) is 17.0. The summed E-state index contributed by atoms with van der Waals surface area (Å²) in [6.45, 7) is 4.61. The first-order valence-corrected chi connectivity index (χ1v) is 9.31. The topological polar surface area (TPSA) is 76.6 Å². The molecule has 3 fully saturated rings. The highest BCUT2D eigenvalue weighted by Gasteiger charge is 2.49. The summed E-state index contributed by atoms with van der Waals surface area (Å²) in [6, 6.07) is 2.24. The van der Waals surface area contributed by atoms with Gasteiger partial charge in [-0.1, -0.05) is 0 Å². The number of piperidine rings is 2. The predicted octanol–water partition coefficient (Wildman–Crippen LogP) is 1.85. The molecule has 3 saturated heterocycles. The number of hydrogen-bond acceptors (Lipinski definition) is 7. The lowest BCUT2D eigenvalue weighted by molar-refractivity contribution is -0.150. The van der Waals surface area contributed by atoms with Crippen molar-refractivity contribution in [1.82, 2.24) is 20.2 Å². The third-order valence-corrected chi connectivity index (χ3v) is 5.70. The minimum Gasteiger partial charge on any atom is -0.461 e. The number of aromatic nitrogens is 2. The monoisotopic (exact) mass is 418 g/mol. The Hall–Kier alpha value is -1.15. The Balaban J connectivity index is 0.00000131. The normalized spacial score (nSPS) is 25.3. The molecule has 0 amide bonds. The number of carbonyl (C=O) groups excluding carboxylic acids is 1. The molecule has 3 aliphatic rings. The highest BCUT2D eigenvalue weighted by molar-refractivity contribution is 5.85. The fourth-order valence-electron chi connectivity index (χ4n) is 4.25. The quantitative estimate of drug-likeness (QED) is 0.747. The van der Waals surface area contributed by atoms with Crippen LogP contribution in [0.4, 0.5) is 0 Å². The van der Waals surface area contributed by atoms with E-state index in [2.05, 4.69) is 20.2 Å². The minimum atomic E-state index is -0.220. The molecule has 27 heavy (non-hydrogen) atoms. The zero-order chi connectivity index (χ0) is 17.1. The summed E-state index contributed by atoms with van der Waals surface area (Å²) in [4.78, 5) is 23.0. The summed E-state index contributed by atoms with van der Waals surface area (Å²) < 4.78 is 11.6. The van der Waals surface area contributed by atoms with E-state index in [-0.39, 0.29) is 48.4 Å². The van der Waals surface area contributed by atoms with Crippen LogP contribution < -0.4 is 10.1 Å². The molecule has 0 aromatic carbocycles. The van der Waals surface area contributed by atoms with Gasteiger partial charge in [0.15, 0.2) is 0 Å². The van der Waals surface area contributed by atoms with Crippen molar-refractivity contribution in [1.29, 1.82) is 0 Å². The Morgan fingerprint density at radius 3 is 2.52 bits per heavy atom. The third-order valence-electron chi connectivity index (χ3n) is 5.70. The van der Waals surface area contributed by atoms with Gasteiger partial charge in [-0.25, -0.2) is 9.97 Å². The van der Waals surface area contributed by atoms with Crippen molar-refractivity contribution in [2.45, 2.75) is 44.3 Å². The molecular formula is C18H28Cl2N4O3. The van der Waals surface area contributed by atoms with E-state index >= 15 is 0 Å². The van der Waals surface area contributed by atoms with E-state index in [9.17, 15) is 4.79 Å². The van der Waals surface area contributed by atoms with Gasteiger partial charge in [-0.3, -0.25) is 9.69 Å². The van der Waals surface area contributed by atoms with Crippen molar-refractivity contribution in [2.75, 3.05) is 32.7 Å². The SMILES string of the molecule is Cl.Cl.O=C1OC(CN2CCC(Oc3ncccn3)CC2)CC12CCNCC2. The van der Waals surface area contributed by atoms with Gasteiger partial charge in [0.25, 0.3) is 0 Å². The van der Waals surface area contributed by atoms with Crippen molar-refractivity contribution in [3.8, 4) is 6.01 Å². The molecule has 0 radical (unpaired) electrons. The van der Waals surface area contributed by atoms with Gasteiger partial charge in [-0.2, -0.15) is 0 Å². The number of nitrogens with zero attached hydrogens (tertiary/aromatic N) is 3. The summed E-state index contributed by atoms with van der Waals surface area (Å²) in [7, 11) is 0. The average molecular weight is 419 g/mol. The summed E-state index contributed by atoms with van der Waals surface area (Å²) in [5.74, 6) is 0.0263. The molecule has 0 aliphatic carbocycles. The molecule has 1 spiro atoms. The Kier molecular flexibility index (Phi) is 8.09. The maximum Gasteiger partial charge on any atom is 0.316 e. The Morgan fingerprint density at radius 1 is 1.19 bits per heavy atom. The van der Waals surface area contributed by atoms with E-state index in [0.29, 0.717) is 6.01 Å². The first kappa shape index (κ1) is 22.1. The summed E-state index contributed by atoms with van der Waals surface area (Å²) in [5, 5.41) is 3.34. The fraction of sp³-hybridized carbons (Fsp3) is 0.722. The second-order valence-electron chi connectivity index (χ2n) is 7.41. The lowest BCUT2D eigenvalue weighted by atomic mass is 9.76. The molecule has 1 unspecified atom stereocenters. The van der Waals surface area contributed by atoms with Crippen LogP contribution in [0, 0.1) is 5.41 Å². The first-order chi connectivity index (χ1) is 12.2. The Labute approximate surface area is 172 Å². The second-order valence-corrected chi connectivity index (χ2v) is 7.41. The lowest BCUT2D eigenvalue weighted by Crippen LogP contribution is -2.42. The highest BCUT2D eigenvalue weighted by Crippen LogP contribution is 2.41. The molecule has 1 aromatic rings. The molecule has 1 aromatic heterocycles. The predicted molar refractivity (Wildman–Crippen MR) is 106 cm³/mol. The van der Waals surface area contributed by atoms with Crippen LogP contribution in [0.1, 0.15) is 32.1 Å². The largest absolute Gasteiger partial charge is 0.461 e. The number of likely N-dealkylation sites (tertiary alicyclic amines) is 1. The molecule has 152 valence electrons. The van der Waals surface area contributed by atoms with Gasteiger partial charge in [-0.15, -0.1) is 24.8 Å². The van der Waals surface area contributed by atoms with E-state index in [1.165, 1.54) is 0 Å². The van der Waals surface area contributed by atoms with Crippen molar-refractivity contribution in [2.24, 2.45) is 5.41 Å². The number of ether oxygens (including phenoxy) is 2. The van der Waals surface area contributed by atoms with E-state index < -0.39 is 0 Å².